The highest BCUT2D eigenvalue weighted by atomic mass is 32.1. The molecule has 1 aliphatic rings. The van der Waals surface area contributed by atoms with Crippen molar-refractivity contribution in [3.8, 4) is 11.1 Å². The summed E-state index contributed by atoms with van der Waals surface area (Å²) >= 11 is 1.53. The van der Waals surface area contributed by atoms with E-state index in [9.17, 15) is 4.79 Å². The molecule has 1 fully saturated rings. The second-order valence-corrected chi connectivity index (χ2v) is 5.49. The summed E-state index contributed by atoms with van der Waals surface area (Å²) in [7, 11) is 0. The van der Waals surface area contributed by atoms with Gasteiger partial charge in [0.25, 0.3) is 5.91 Å². The lowest BCUT2D eigenvalue weighted by Gasteiger charge is -2.27. The van der Waals surface area contributed by atoms with Crippen LogP contribution in [0, 0.1) is 0 Å². The lowest BCUT2D eigenvalue weighted by molar-refractivity contribution is 0.0741. The van der Waals surface area contributed by atoms with Crippen molar-refractivity contribution in [3.63, 3.8) is 0 Å². The largest absolute Gasteiger partial charge is 0.335 e. The Hall–Kier alpha value is -1.65. The number of piperazine rings is 1. The van der Waals surface area contributed by atoms with Crippen LogP contribution in [0.15, 0.2) is 41.8 Å². The zero-order chi connectivity index (χ0) is 13.1. The van der Waals surface area contributed by atoms with Gasteiger partial charge < -0.3 is 10.2 Å². The SMILES string of the molecule is O=C(c1sccc1-c1ccccc1)N1CCNCC1. The van der Waals surface area contributed by atoms with E-state index in [0.29, 0.717) is 0 Å². The summed E-state index contributed by atoms with van der Waals surface area (Å²) in [6, 6.07) is 12.1. The van der Waals surface area contributed by atoms with Crippen molar-refractivity contribution in [3.05, 3.63) is 46.7 Å². The van der Waals surface area contributed by atoms with Crippen molar-refractivity contribution < 1.29 is 4.79 Å². The molecule has 3 nitrogen and oxygen atoms in total. The highest BCUT2D eigenvalue weighted by Gasteiger charge is 2.22. The molecule has 4 heteroatoms. The molecule has 1 N–H and O–H groups in total. The number of thiophene rings is 1. The Labute approximate surface area is 116 Å². The fourth-order valence-corrected chi connectivity index (χ4v) is 3.21. The van der Waals surface area contributed by atoms with Crippen LogP contribution in [0.4, 0.5) is 0 Å². The number of carbonyl (C=O) groups excluding carboxylic acids is 1. The number of rotatable bonds is 2. The minimum absolute atomic E-state index is 0.162. The summed E-state index contributed by atoms with van der Waals surface area (Å²) in [5.41, 5.74) is 2.16. The van der Waals surface area contributed by atoms with Gasteiger partial charge in [0.2, 0.25) is 0 Å². The minimum atomic E-state index is 0.162. The van der Waals surface area contributed by atoms with Gasteiger partial charge in [-0.3, -0.25) is 4.79 Å². The van der Waals surface area contributed by atoms with Gasteiger partial charge in [-0.1, -0.05) is 30.3 Å². The molecule has 1 amide bonds. The molecule has 1 aromatic carbocycles. The molecule has 0 spiro atoms. The van der Waals surface area contributed by atoms with Gasteiger partial charge in [0.15, 0.2) is 0 Å². The Balaban J connectivity index is 1.89. The maximum Gasteiger partial charge on any atom is 0.264 e. The van der Waals surface area contributed by atoms with Crippen LogP contribution in [0.25, 0.3) is 11.1 Å². The van der Waals surface area contributed by atoms with Crippen LogP contribution in [0.1, 0.15) is 9.67 Å². The molecule has 0 unspecified atom stereocenters. The van der Waals surface area contributed by atoms with Gasteiger partial charge in [-0.15, -0.1) is 11.3 Å². The predicted octanol–water partition coefficient (Wildman–Crippen LogP) is 2.46. The van der Waals surface area contributed by atoms with Crippen LogP contribution in [-0.4, -0.2) is 37.0 Å². The van der Waals surface area contributed by atoms with Crippen molar-refractivity contribution in [2.75, 3.05) is 26.2 Å². The maximum absolute atomic E-state index is 12.6. The Morgan fingerprint density at radius 1 is 1.11 bits per heavy atom. The van der Waals surface area contributed by atoms with Crippen LogP contribution >= 0.6 is 11.3 Å². The summed E-state index contributed by atoms with van der Waals surface area (Å²) in [6.07, 6.45) is 0. The predicted molar refractivity (Wildman–Crippen MR) is 78.5 cm³/mol. The quantitative estimate of drug-likeness (QED) is 0.911. The van der Waals surface area contributed by atoms with Crippen LogP contribution in [-0.2, 0) is 0 Å². The third-order valence-electron chi connectivity index (χ3n) is 3.35. The molecule has 1 aliphatic heterocycles. The molecule has 1 aromatic heterocycles. The molecule has 19 heavy (non-hydrogen) atoms. The summed E-state index contributed by atoms with van der Waals surface area (Å²) in [4.78, 5) is 15.4. The molecule has 2 aromatic rings. The molecule has 0 saturated carbocycles. The Morgan fingerprint density at radius 2 is 1.84 bits per heavy atom. The second kappa shape index (κ2) is 5.55. The second-order valence-electron chi connectivity index (χ2n) is 4.57. The van der Waals surface area contributed by atoms with E-state index < -0.39 is 0 Å². The lowest BCUT2D eigenvalue weighted by atomic mass is 10.1. The summed E-state index contributed by atoms with van der Waals surface area (Å²) in [5.74, 6) is 0.162. The van der Waals surface area contributed by atoms with E-state index in [4.69, 9.17) is 0 Å². The highest BCUT2D eigenvalue weighted by molar-refractivity contribution is 7.12. The lowest BCUT2D eigenvalue weighted by Crippen LogP contribution is -2.46. The van der Waals surface area contributed by atoms with Gasteiger partial charge in [0.05, 0.1) is 4.88 Å². The van der Waals surface area contributed by atoms with Crippen LogP contribution < -0.4 is 5.32 Å². The van der Waals surface area contributed by atoms with Gasteiger partial charge in [-0.25, -0.2) is 0 Å². The van der Waals surface area contributed by atoms with E-state index in [-0.39, 0.29) is 5.91 Å². The fraction of sp³-hybridized carbons (Fsp3) is 0.267. The zero-order valence-electron chi connectivity index (χ0n) is 10.6. The first-order chi connectivity index (χ1) is 9.36. The number of carbonyl (C=O) groups is 1. The van der Waals surface area contributed by atoms with E-state index in [2.05, 4.69) is 17.4 Å². The van der Waals surface area contributed by atoms with Crippen molar-refractivity contribution >= 4 is 17.2 Å². The monoisotopic (exact) mass is 272 g/mol. The molecule has 0 atom stereocenters. The average molecular weight is 272 g/mol. The molecule has 0 aliphatic carbocycles. The first-order valence-corrected chi connectivity index (χ1v) is 7.37. The Morgan fingerprint density at radius 3 is 2.58 bits per heavy atom. The van der Waals surface area contributed by atoms with Crippen molar-refractivity contribution in [2.24, 2.45) is 0 Å². The molecular formula is C15H16N2OS. The van der Waals surface area contributed by atoms with Gasteiger partial charge in [0.1, 0.15) is 0 Å². The Kier molecular flexibility index (Phi) is 3.62. The van der Waals surface area contributed by atoms with E-state index in [1.54, 1.807) is 0 Å². The molecule has 0 radical (unpaired) electrons. The molecule has 1 saturated heterocycles. The summed E-state index contributed by atoms with van der Waals surface area (Å²) < 4.78 is 0. The van der Waals surface area contributed by atoms with Gasteiger partial charge in [-0.2, -0.15) is 0 Å². The zero-order valence-corrected chi connectivity index (χ0v) is 11.5. The van der Waals surface area contributed by atoms with E-state index in [1.165, 1.54) is 11.3 Å². The van der Waals surface area contributed by atoms with Crippen LogP contribution in [0.5, 0.6) is 0 Å². The number of hydrogen-bond donors (Lipinski definition) is 1. The van der Waals surface area contributed by atoms with Gasteiger partial charge in [-0.05, 0) is 17.0 Å². The number of hydrogen-bond acceptors (Lipinski definition) is 3. The Bertz CT molecular complexity index is 559. The third-order valence-corrected chi connectivity index (χ3v) is 4.25. The average Bonchev–Trinajstić information content (AvgIpc) is 2.98. The minimum Gasteiger partial charge on any atom is -0.335 e. The maximum atomic E-state index is 12.6. The smallest absolute Gasteiger partial charge is 0.264 e. The highest BCUT2D eigenvalue weighted by Crippen LogP contribution is 2.29. The first-order valence-electron chi connectivity index (χ1n) is 6.49. The fourth-order valence-electron chi connectivity index (χ4n) is 2.33. The van der Waals surface area contributed by atoms with E-state index >= 15 is 0 Å². The molecule has 0 bridgehead atoms. The molecule has 3 rings (SSSR count). The normalized spacial score (nSPS) is 15.5. The van der Waals surface area contributed by atoms with Crippen LogP contribution in [0.3, 0.4) is 0 Å². The third kappa shape index (κ3) is 2.55. The standard InChI is InChI=1S/C15H16N2OS/c18-15(17-9-7-16-8-10-17)14-13(6-11-19-14)12-4-2-1-3-5-12/h1-6,11,16H,7-10H2. The molecular weight excluding hydrogens is 256 g/mol. The topological polar surface area (TPSA) is 32.3 Å². The first kappa shape index (κ1) is 12.4. The van der Waals surface area contributed by atoms with Crippen molar-refractivity contribution in [1.82, 2.24) is 10.2 Å². The molecule has 2 heterocycles. The number of amides is 1. The van der Waals surface area contributed by atoms with Crippen LogP contribution in [0.2, 0.25) is 0 Å². The van der Waals surface area contributed by atoms with Gasteiger partial charge >= 0.3 is 0 Å². The summed E-state index contributed by atoms with van der Waals surface area (Å²) in [5, 5.41) is 5.27. The molecule has 98 valence electrons. The summed E-state index contributed by atoms with van der Waals surface area (Å²) in [6.45, 7) is 3.37. The van der Waals surface area contributed by atoms with Crippen molar-refractivity contribution in [1.29, 1.82) is 0 Å². The number of nitrogens with one attached hydrogen (secondary N) is 1. The van der Waals surface area contributed by atoms with E-state index in [0.717, 1.165) is 42.2 Å². The van der Waals surface area contributed by atoms with E-state index in [1.807, 2.05) is 34.5 Å². The van der Waals surface area contributed by atoms with Gasteiger partial charge in [0, 0.05) is 31.7 Å². The number of benzene rings is 1. The number of nitrogens with zero attached hydrogens (tertiary/aromatic N) is 1. The van der Waals surface area contributed by atoms with Crippen molar-refractivity contribution in [2.45, 2.75) is 0 Å².